The summed E-state index contributed by atoms with van der Waals surface area (Å²) < 4.78 is 0. The highest BCUT2D eigenvalue weighted by molar-refractivity contribution is 5.89. The Kier molecular flexibility index (Phi) is 4.71. The lowest BCUT2D eigenvalue weighted by atomic mass is 10.2. The van der Waals surface area contributed by atoms with Crippen molar-refractivity contribution in [2.24, 2.45) is 0 Å². The fourth-order valence-corrected chi connectivity index (χ4v) is 1.35. The molecule has 1 rings (SSSR count). The van der Waals surface area contributed by atoms with E-state index in [1.54, 1.807) is 38.2 Å². The van der Waals surface area contributed by atoms with Crippen molar-refractivity contribution in [3.05, 3.63) is 29.8 Å². The van der Waals surface area contributed by atoms with E-state index in [-0.39, 0.29) is 18.5 Å². The van der Waals surface area contributed by atoms with E-state index in [1.165, 1.54) is 4.90 Å². The fourth-order valence-electron chi connectivity index (χ4n) is 1.35. The van der Waals surface area contributed by atoms with Crippen molar-refractivity contribution < 1.29 is 4.79 Å². The van der Waals surface area contributed by atoms with Crippen LogP contribution in [0, 0.1) is 22.7 Å². The SMILES string of the molecule is CC(CC#N)N(C)C(=O)Nc1cccc(C#N)c1. The minimum Gasteiger partial charge on any atom is -0.324 e. The summed E-state index contributed by atoms with van der Waals surface area (Å²) in [6.07, 6.45) is 0.280. The van der Waals surface area contributed by atoms with Crippen LogP contribution in [0.25, 0.3) is 0 Å². The van der Waals surface area contributed by atoms with Gasteiger partial charge in [0.15, 0.2) is 0 Å². The predicted molar refractivity (Wildman–Crippen MR) is 67.6 cm³/mol. The monoisotopic (exact) mass is 242 g/mol. The van der Waals surface area contributed by atoms with Crippen molar-refractivity contribution in [3.8, 4) is 12.1 Å². The van der Waals surface area contributed by atoms with Gasteiger partial charge in [-0.05, 0) is 25.1 Å². The number of hydrogen-bond acceptors (Lipinski definition) is 3. The molecular formula is C13H14N4O. The van der Waals surface area contributed by atoms with Gasteiger partial charge in [0.25, 0.3) is 0 Å². The highest BCUT2D eigenvalue weighted by Crippen LogP contribution is 2.11. The van der Waals surface area contributed by atoms with Gasteiger partial charge < -0.3 is 10.2 Å². The van der Waals surface area contributed by atoms with Crippen LogP contribution in [0.1, 0.15) is 18.9 Å². The van der Waals surface area contributed by atoms with Gasteiger partial charge in [-0.25, -0.2) is 4.79 Å². The van der Waals surface area contributed by atoms with Crippen LogP contribution in [-0.2, 0) is 0 Å². The summed E-state index contributed by atoms with van der Waals surface area (Å²) in [6, 6.07) is 10.2. The molecule has 92 valence electrons. The van der Waals surface area contributed by atoms with Crippen LogP contribution in [0.3, 0.4) is 0 Å². The highest BCUT2D eigenvalue weighted by atomic mass is 16.2. The molecule has 0 aliphatic rings. The Labute approximate surface area is 106 Å². The second-order valence-corrected chi connectivity index (χ2v) is 3.94. The van der Waals surface area contributed by atoms with E-state index in [9.17, 15) is 4.79 Å². The average molecular weight is 242 g/mol. The molecule has 0 heterocycles. The molecule has 0 aliphatic carbocycles. The number of amides is 2. The molecule has 18 heavy (non-hydrogen) atoms. The van der Waals surface area contributed by atoms with Crippen molar-refractivity contribution in [1.82, 2.24) is 4.90 Å². The van der Waals surface area contributed by atoms with Gasteiger partial charge in [0.1, 0.15) is 0 Å². The lowest BCUT2D eigenvalue weighted by Crippen LogP contribution is -2.38. The molecule has 1 unspecified atom stereocenters. The Hall–Kier alpha value is -2.53. The van der Waals surface area contributed by atoms with Gasteiger partial charge >= 0.3 is 6.03 Å². The summed E-state index contributed by atoms with van der Waals surface area (Å²) in [4.78, 5) is 13.3. The molecular weight excluding hydrogens is 228 g/mol. The van der Waals surface area contributed by atoms with Crippen LogP contribution in [0.15, 0.2) is 24.3 Å². The highest BCUT2D eigenvalue weighted by Gasteiger charge is 2.15. The first-order valence-electron chi connectivity index (χ1n) is 5.49. The molecule has 5 heteroatoms. The fraction of sp³-hybridized carbons (Fsp3) is 0.308. The van der Waals surface area contributed by atoms with Crippen molar-refractivity contribution in [1.29, 1.82) is 10.5 Å². The lowest BCUT2D eigenvalue weighted by molar-refractivity contribution is 0.208. The van der Waals surface area contributed by atoms with Crippen molar-refractivity contribution >= 4 is 11.7 Å². The Morgan fingerprint density at radius 1 is 1.50 bits per heavy atom. The molecule has 0 aliphatic heterocycles. The van der Waals surface area contributed by atoms with Crippen LogP contribution < -0.4 is 5.32 Å². The van der Waals surface area contributed by atoms with Gasteiger partial charge in [-0.15, -0.1) is 0 Å². The smallest absolute Gasteiger partial charge is 0.321 e. The van der Waals surface area contributed by atoms with Crippen molar-refractivity contribution in [2.45, 2.75) is 19.4 Å². The number of nitrogens with zero attached hydrogens (tertiary/aromatic N) is 3. The summed E-state index contributed by atoms with van der Waals surface area (Å²) in [5.41, 5.74) is 1.05. The van der Waals surface area contributed by atoms with E-state index in [2.05, 4.69) is 5.32 Å². The van der Waals surface area contributed by atoms with Crippen LogP contribution >= 0.6 is 0 Å². The predicted octanol–water partition coefficient (Wildman–Crippen LogP) is 2.32. The second-order valence-electron chi connectivity index (χ2n) is 3.94. The number of nitriles is 2. The maximum atomic E-state index is 11.9. The molecule has 1 aromatic carbocycles. The molecule has 0 saturated heterocycles. The van der Waals surface area contributed by atoms with Gasteiger partial charge in [-0.1, -0.05) is 6.07 Å². The number of hydrogen-bond donors (Lipinski definition) is 1. The molecule has 0 saturated carbocycles. The van der Waals surface area contributed by atoms with Crippen molar-refractivity contribution in [3.63, 3.8) is 0 Å². The van der Waals surface area contributed by atoms with Crippen LogP contribution in [-0.4, -0.2) is 24.0 Å². The number of nitrogens with one attached hydrogen (secondary N) is 1. The summed E-state index contributed by atoms with van der Waals surface area (Å²) >= 11 is 0. The van der Waals surface area contributed by atoms with E-state index in [4.69, 9.17) is 10.5 Å². The third-order valence-electron chi connectivity index (χ3n) is 2.61. The molecule has 1 atom stereocenters. The van der Waals surface area contributed by atoms with Gasteiger partial charge in [-0.2, -0.15) is 10.5 Å². The Morgan fingerprint density at radius 3 is 2.83 bits per heavy atom. The molecule has 0 aromatic heterocycles. The summed E-state index contributed by atoms with van der Waals surface area (Å²) in [6.45, 7) is 1.80. The Balaban J connectivity index is 2.70. The first-order chi connectivity index (χ1) is 8.58. The normalized spacial score (nSPS) is 10.9. The van der Waals surface area contributed by atoms with Gasteiger partial charge in [0.2, 0.25) is 0 Å². The van der Waals surface area contributed by atoms with Gasteiger partial charge in [0, 0.05) is 18.8 Å². The summed E-state index contributed by atoms with van der Waals surface area (Å²) in [7, 11) is 1.63. The standard InChI is InChI=1S/C13H14N4O/c1-10(6-7-14)17(2)13(18)16-12-5-3-4-11(8-12)9-15/h3-5,8,10H,6H2,1-2H3,(H,16,18). The average Bonchev–Trinajstić information content (AvgIpc) is 2.38. The van der Waals surface area contributed by atoms with E-state index in [0.29, 0.717) is 11.3 Å². The first kappa shape index (κ1) is 13.5. The topological polar surface area (TPSA) is 79.9 Å². The molecule has 0 bridgehead atoms. The number of anilines is 1. The molecule has 2 amide bonds. The van der Waals surface area contributed by atoms with E-state index < -0.39 is 0 Å². The molecule has 0 fully saturated rings. The van der Waals surface area contributed by atoms with Gasteiger partial charge in [0.05, 0.1) is 24.1 Å². The molecule has 5 nitrogen and oxygen atoms in total. The van der Waals surface area contributed by atoms with Crippen LogP contribution in [0.5, 0.6) is 0 Å². The zero-order valence-electron chi connectivity index (χ0n) is 10.3. The summed E-state index contributed by atoms with van der Waals surface area (Å²) in [5, 5.41) is 20.0. The van der Waals surface area contributed by atoms with Crippen LogP contribution in [0.4, 0.5) is 10.5 Å². The number of rotatable bonds is 3. The maximum absolute atomic E-state index is 11.9. The molecule has 1 N–H and O–H groups in total. The first-order valence-corrected chi connectivity index (χ1v) is 5.49. The van der Waals surface area contributed by atoms with E-state index in [1.807, 2.05) is 12.1 Å². The zero-order valence-corrected chi connectivity index (χ0v) is 10.3. The quantitative estimate of drug-likeness (QED) is 0.883. The van der Waals surface area contributed by atoms with E-state index in [0.717, 1.165) is 0 Å². The second kappa shape index (κ2) is 6.27. The minimum absolute atomic E-state index is 0.158. The number of carbonyl (C=O) groups excluding carboxylic acids is 1. The number of carbonyl (C=O) groups is 1. The largest absolute Gasteiger partial charge is 0.324 e. The minimum atomic E-state index is -0.298. The zero-order chi connectivity index (χ0) is 13.5. The number of urea groups is 1. The van der Waals surface area contributed by atoms with Crippen molar-refractivity contribution in [2.75, 3.05) is 12.4 Å². The molecule has 1 aromatic rings. The van der Waals surface area contributed by atoms with Gasteiger partial charge in [-0.3, -0.25) is 0 Å². The summed E-state index contributed by atoms with van der Waals surface area (Å²) in [5.74, 6) is 0. The maximum Gasteiger partial charge on any atom is 0.321 e. The van der Waals surface area contributed by atoms with Crippen LogP contribution in [0.2, 0.25) is 0 Å². The third-order valence-corrected chi connectivity index (χ3v) is 2.61. The molecule has 0 spiro atoms. The Bertz CT molecular complexity index is 512. The third kappa shape index (κ3) is 3.50. The number of benzene rings is 1. The van der Waals surface area contributed by atoms with E-state index >= 15 is 0 Å². The lowest BCUT2D eigenvalue weighted by Gasteiger charge is -2.23. The molecule has 0 radical (unpaired) electrons. The Morgan fingerprint density at radius 2 is 2.22 bits per heavy atom.